The van der Waals surface area contributed by atoms with Gasteiger partial charge >= 0.3 is 0 Å². The molecule has 7 heteroatoms. The zero-order valence-electron chi connectivity index (χ0n) is 14.3. The molecular formula is C18H23N5O2. The van der Waals surface area contributed by atoms with Crippen LogP contribution in [0.15, 0.2) is 36.7 Å². The number of nitrogens with two attached hydrogens (primary N) is 1. The third-order valence-electron chi connectivity index (χ3n) is 4.24. The number of nitrogen functional groups attached to an aromatic ring is 1. The number of aromatic nitrogens is 2. The highest BCUT2D eigenvalue weighted by Crippen LogP contribution is 2.18. The number of carbonyl (C=O) groups excluding carboxylic acids is 1. The first-order valence-electron chi connectivity index (χ1n) is 8.34. The zero-order valence-corrected chi connectivity index (χ0v) is 14.3. The van der Waals surface area contributed by atoms with Crippen molar-refractivity contribution < 1.29 is 9.53 Å². The molecule has 3 rings (SSSR count). The number of rotatable bonds is 4. The molecule has 0 aliphatic carbocycles. The van der Waals surface area contributed by atoms with Gasteiger partial charge in [0.2, 0.25) is 5.95 Å². The molecule has 1 fully saturated rings. The average Bonchev–Trinajstić information content (AvgIpc) is 2.84. The van der Waals surface area contributed by atoms with E-state index >= 15 is 0 Å². The average molecular weight is 341 g/mol. The van der Waals surface area contributed by atoms with E-state index in [2.05, 4.69) is 27.2 Å². The lowest BCUT2D eigenvalue weighted by molar-refractivity contribution is 0.0921. The second-order valence-corrected chi connectivity index (χ2v) is 6.32. The summed E-state index contributed by atoms with van der Waals surface area (Å²) in [5.41, 5.74) is 7.92. The number of anilines is 1. The fourth-order valence-corrected chi connectivity index (χ4v) is 2.82. The van der Waals surface area contributed by atoms with Crippen LogP contribution in [0.2, 0.25) is 0 Å². The predicted molar refractivity (Wildman–Crippen MR) is 96.0 cm³/mol. The topological polar surface area (TPSA) is 93.4 Å². The fourth-order valence-electron chi connectivity index (χ4n) is 2.82. The van der Waals surface area contributed by atoms with E-state index in [1.165, 1.54) is 0 Å². The molecule has 0 saturated carbocycles. The standard InChI is InChI=1S/C18H23N5O2/c1-23-6-7-25-12-13(11-23)8-20-17(24)15-4-2-14(3-5-15)16-9-21-18(19)22-10-16/h2-5,9-10,13H,6-8,11-12H2,1H3,(H,20,24)(H2,19,21,22). The van der Waals surface area contributed by atoms with E-state index in [0.29, 0.717) is 24.6 Å². The van der Waals surface area contributed by atoms with Gasteiger partial charge in [-0.2, -0.15) is 0 Å². The molecule has 7 nitrogen and oxygen atoms in total. The van der Waals surface area contributed by atoms with Crippen molar-refractivity contribution in [2.45, 2.75) is 0 Å². The predicted octanol–water partition coefficient (Wildman–Crippen LogP) is 1.03. The van der Waals surface area contributed by atoms with Gasteiger partial charge in [-0.3, -0.25) is 4.79 Å². The van der Waals surface area contributed by atoms with Crippen LogP contribution < -0.4 is 11.1 Å². The third-order valence-corrected chi connectivity index (χ3v) is 4.24. The van der Waals surface area contributed by atoms with Crippen molar-refractivity contribution in [3.8, 4) is 11.1 Å². The minimum atomic E-state index is -0.0768. The Labute approximate surface area is 147 Å². The number of nitrogens with zero attached hydrogens (tertiary/aromatic N) is 3. The van der Waals surface area contributed by atoms with Crippen molar-refractivity contribution in [1.82, 2.24) is 20.2 Å². The lowest BCUT2D eigenvalue weighted by Crippen LogP contribution is -2.35. The van der Waals surface area contributed by atoms with Gasteiger partial charge in [0.1, 0.15) is 0 Å². The molecule has 1 aliphatic heterocycles. The highest BCUT2D eigenvalue weighted by atomic mass is 16.5. The van der Waals surface area contributed by atoms with Crippen LogP contribution in [0.5, 0.6) is 0 Å². The smallest absolute Gasteiger partial charge is 0.251 e. The first-order chi connectivity index (χ1) is 12.1. The summed E-state index contributed by atoms with van der Waals surface area (Å²) >= 11 is 0. The van der Waals surface area contributed by atoms with Crippen molar-refractivity contribution in [1.29, 1.82) is 0 Å². The second-order valence-electron chi connectivity index (χ2n) is 6.32. The molecule has 25 heavy (non-hydrogen) atoms. The number of nitrogens with one attached hydrogen (secondary N) is 1. The Morgan fingerprint density at radius 2 is 2.00 bits per heavy atom. The largest absolute Gasteiger partial charge is 0.380 e. The number of benzene rings is 1. The Morgan fingerprint density at radius 3 is 2.72 bits per heavy atom. The molecule has 1 saturated heterocycles. The number of hydrogen-bond acceptors (Lipinski definition) is 6. The van der Waals surface area contributed by atoms with E-state index in [-0.39, 0.29) is 11.9 Å². The van der Waals surface area contributed by atoms with Crippen molar-refractivity contribution in [3.63, 3.8) is 0 Å². The monoisotopic (exact) mass is 341 g/mol. The number of carbonyl (C=O) groups is 1. The molecule has 2 aromatic rings. The quantitative estimate of drug-likeness (QED) is 0.863. The third kappa shape index (κ3) is 4.74. The van der Waals surface area contributed by atoms with Gasteiger partial charge < -0.3 is 20.7 Å². The van der Waals surface area contributed by atoms with Crippen LogP contribution >= 0.6 is 0 Å². The summed E-state index contributed by atoms with van der Waals surface area (Å²) < 4.78 is 5.57. The van der Waals surface area contributed by atoms with Crippen LogP contribution in [-0.2, 0) is 4.74 Å². The van der Waals surface area contributed by atoms with Gasteiger partial charge in [-0.25, -0.2) is 9.97 Å². The van der Waals surface area contributed by atoms with Crippen molar-refractivity contribution in [2.75, 3.05) is 45.6 Å². The molecule has 1 aliphatic rings. The van der Waals surface area contributed by atoms with Crippen LogP contribution in [0.25, 0.3) is 11.1 Å². The fraction of sp³-hybridized carbons (Fsp3) is 0.389. The maximum Gasteiger partial charge on any atom is 0.251 e. The second kappa shape index (κ2) is 8.04. The molecule has 1 atom stereocenters. The number of ether oxygens (including phenoxy) is 1. The van der Waals surface area contributed by atoms with Crippen LogP contribution in [0.1, 0.15) is 10.4 Å². The van der Waals surface area contributed by atoms with Gasteiger partial charge in [0, 0.05) is 49.1 Å². The van der Waals surface area contributed by atoms with E-state index in [1.807, 2.05) is 12.1 Å². The number of amides is 1. The number of hydrogen-bond donors (Lipinski definition) is 2. The van der Waals surface area contributed by atoms with Crippen LogP contribution in [0, 0.1) is 5.92 Å². The molecule has 132 valence electrons. The molecule has 2 heterocycles. The van der Waals surface area contributed by atoms with E-state index in [1.54, 1.807) is 24.5 Å². The Bertz CT molecular complexity index is 702. The Morgan fingerprint density at radius 1 is 1.28 bits per heavy atom. The number of likely N-dealkylation sites (N-methyl/N-ethyl adjacent to an activating group) is 1. The van der Waals surface area contributed by atoms with Crippen LogP contribution in [0.4, 0.5) is 5.95 Å². The van der Waals surface area contributed by atoms with Gasteiger partial charge in [-0.05, 0) is 24.7 Å². The normalized spacial score (nSPS) is 18.5. The SMILES string of the molecule is CN1CCOCC(CNC(=O)c2ccc(-c3cnc(N)nc3)cc2)C1. The van der Waals surface area contributed by atoms with Crippen molar-refractivity contribution in [3.05, 3.63) is 42.2 Å². The highest BCUT2D eigenvalue weighted by Gasteiger charge is 2.17. The molecule has 0 radical (unpaired) electrons. The van der Waals surface area contributed by atoms with E-state index in [0.717, 1.165) is 30.8 Å². The van der Waals surface area contributed by atoms with Gasteiger partial charge in [0.05, 0.1) is 13.2 Å². The summed E-state index contributed by atoms with van der Waals surface area (Å²) in [5, 5.41) is 3.00. The summed E-state index contributed by atoms with van der Waals surface area (Å²) in [5.74, 6) is 0.475. The van der Waals surface area contributed by atoms with Crippen LogP contribution in [0.3, 0.4) is 0 Å². The summed E-state index contributed by atoms with van der Waals surface area (Å²) in [6, 6.07) is 7.37. The molecular weight excluding hydrogens is 318 g/mol. The maximum absolute atomic E-state index is 12.3. The summed E-state index contributed by atoms with van der Waals surface area (Å²) in [6.45, 7) is 3.89. The van der Waals surface area contributed by atoms with E-state index < -0.39 is 0 Å². The molecule has 1 amide bonds. The van der Waals surface area contributed by atoms with Gasteiger partial charge in [0.15, 0.2) is 0 Å². The molecule has 1 aromatic carbocycles. The zero-order chi connectivity index (χ0) is 17.6. The first-order valence-corrected chi connectivity index (χ1v) is 8.34. The highest BCUT2D eigenvalue weighted by molar-refractivity contribution is 5.94. The van der Waals surface area contributed by atoms with Crippen molar-refractivity contribution >= 4 is 11.9 Å². The summed E-state index contributed by atoms with van der Waals surface area (Å²) in [6.07, 6.45) is 3.33. The van der Waals surface area contributed by atoms with E-state index in [4.69, 9.17) is 10.5 Å². The minimum Gasteiger partial charge on any atom is -0.380 e. The van der Waals surface area contributed by atoms with Gasteiger partial charge in [-0.15, -0.1) is 0 Å². The molecule has 0 spiro atoms. The minimum absolute atomic E-state index is 0.0768. The molecule has 1 aromatic heterocycles. The lowest BCUT2D eigenvalue weighted by Gasteiger charge is -2.19. The van der Waals surface area contributed by atoms with Gasteiger partial charge in [-0.1, -0.05) is 12.1 Å². The first kappa shape index (κ1) is 17.3. The van der Waals surface area contributed by atoms with E-state index in [9.17, 15) is 4.79 Å². The van der Waals surface area contributed by atoms with Gasteiger partial charge in [0.25, 0.3) is 5.91 Å². The van der Waals surface area contributed by atoms with Crippen LogP contribution in [-0.4, -0.2) is 60.7 Å². The molecule has 3 N–H and O–H groups in total. The Kier molecular flexibility index (Phi) is 5.57. The molecule has 0 bridgehead atoms. The molecule has 1 unspecified atom stereocenters. The maximum atomic E-state index is 12.3. The Hall–Kier alpha value is -2.51. The van der Waals surface area contributed by atoms with Crippen molar-refractivity contribution in [2.24, 2.45) is 5.92 Å². The summed E-state index contributed by atoms with van der Waals surface area (Å²) in [7, 11) is 2.07. The Balaban J connectivity index is 1.58. The summed E-state index contributed by atoms with van der Waals surface area (Å²) in [4.78, 5) is 22.5. The lowest BCUT2D eigenvalue weighted by atomic mass is 10.1.